The van der Waals surface area contributed by atoms with E-state index in [0.29, 0.717) is 44.8 Å². The van der Waals surface area contributed by atoms with Crippen LogP contribution >= 0.6 is 27.7 Å². The van der Waals surface area contributed by atoms with Gasteiger partial charge in [-0.25, -0.2) is 4.39 Å². The minimum atomic E-state index is -0.600. The lowest BCUT2D eigenvalue weighted by Crippen LogP contribution is -2.12. The fourth-order valence-electron chi connectivity index (χ4n) is 2.99. The van der Waals surface area contributed by atoms with Crippen LogP contribution < -0.4 is 9.47 Å². The van der Waals surface area contributed by atoms with E-state index in [1.807, 2.05) is 6.92 Å². The van der Waals surface area contributed by atoms with Gasteiger partial charge in [-0.1, -0.05) is 27.7 Å². The second-order valence-electron chi connectivity index (χ2n) is 6.42. The number of methoxy groups -OCH3 is 1. The number of halogens is 2. The molecule has 3 aromatic rings. The number of nitro groups is 1. The van der Waals surface area contributed by atoms with E-state index in [4.69, 9.17) is 9.47 Å². The molecule has 3 rings (SSSR count). The smallest absolute Gasteiger partial charge is 0.220 e. The van der Waals surface area contributed by atoms with Gasteiger partial charge in [-0.15, -0.1) is 10.2 Å². The summed E-state index contributed by atoms with van der Waals surface area (Å²) in [6.45, 7) is 3.68. The van der Waals surface area contributed by atoms with Crippen molar-refractivity contribution in [2.45, 2.75) is 24.3 Å². The number of aryl methyl sites for hydroxylation is 1. The summed E-state index contributed by atoms with van der Waals surface area (Å²) in [6.07, 6.45) is 0. The van der Waals surface area contributed by atoms with E-state index in [2.05, 4.69) is 26.1 Å². The van der Waals surface area contributed by atoms with Crippen molar-refractivity contribution in [1.82, 2.24) is 14.8 Å². The molecule has 11 heteroatoms. The Labute approximate surface area is 191 Å². The van der Waals surface area contributed by atoms with Gasteiger partial charge in [-0.3, -0.25) is 14.7 Å². The van der Waals surface area contributed by atoms with Crippen molar-refractivity contribution < 1.29 is 18.8 Å². The zero-order valence-corrected chi connectivity index (χ0v) is 19.4. The number of aromatic nitrogens is 3. The summed E-state index contributed by atoms with van der Waals surface area (Å²) in [5, 5.41) is 19.6. The molecule has 31 heavy (non-hydrogen) atoms. The van der Waals surface area contributed by atoms with Gasteiger partial charge in [0.25, 0.3) is 0 Å². The fourth-order valence-corrected chi connectivity index (χ4v) is 4.95. The summed E-state index contributed by atoms with van der Waals surface area (Å²) in [5.74, 6) is 1.24. The monoisotopic (exact) mass is 510 g/mol. The molecule has 0 spiro atoms. The van der Waals surface area contributed by atoms with Gasteiger partial charge in [0.2, 0.25) is 6.54 Å². The van der Waals surface area contributed by atoms with Crippen molar-refractivity contribution in [3.8, 4) is 17.2 Å². The molecule has 0 saturated carbocycles. The normalized spacial score (nSPS) is 11.9. The Morgan fingerprint density at radius 1 is 1.26 bits per heavy atom. The van der Waals surface area contributed by atoms with Gasteiger partial charge in [0.05, 0.1) is 13.7 Å². The van der Waals surface area contributed by atoms with Gasteiger partial charge >= 0.3 is 0 Å². The maximum Gasteiger partial charge on any atom is 0.220 e. The molecule has 2 aromatic carbocycles. The Balaban J connectivity index is 2.04. The second-order valence-corrected chi connectivity index (χ2v) is 8.45. The molecule has 0 saturated heterocycles. The van der Waals surface area contributed by atoms with E-state index >= 15 is 0 Å². The first-order chi connectivity index (χ1) is 14.8. The van der Waals surface area contributed by atoms with Crippen LogP contribution in [-0.2, 0) is 0 Å². The number of ether oxygens (including phenoxy) is 2. The van der Waals surface area contributed by atoms with Crippen LogP contribution in [0.1, 0.15) is 23.6 Å². The van der Waals surface area contributed by atoms with Gasteiger partial charge in [0.1, 0.15) is 16.9 Å². The van der Waals surface area contributed by atoms with Crippen LogP contribution in [-0.4, -0.2) is 39.9 Å². The van der Waals surface area contributed by atoms with Gasteiger partial charge in [-0.05, 0) is 55.8 Å². The Morgan fingerprint density at radius 3 is 2.58 bits per heavy atom. The van der Waals surface area contributed by atoms with E-state index in [1.54, 1.807) is 35.8 Å². The molecule has 1 aromatic heterocycles. The third-order valence-electron chi connectivity index (χ3n) is 4.37. The lowest BCUT2D eigenvalue weighted by molar-refractivity contribution is -0.479. The standard InChI is InChI=1S/C20H20BrFN4O4S/c1-4-30-18-9-15(16(21)10-17(18)29-3)19(11-25(27)28)31-20-24-23-12(2)26(20)14-7-5-13(22)6-8-14/h5-10,19H,4,11H2,1-3H3/t19-/m0/s1. The number of hydrogen-bond donors (Lipinski definition) is 0. The minimum absolute atomic E-state index is 0.351. The third kappa shape index (κ3) is 5.34. The first-order valence-corrected chi connectivity index (χ1v) is 11.0. The molecule has 0 aliphatic rings. The Bertz CT molecular complexity index is 1080. The van der Waals surface area contributed by atoms with E-state index in [1.165, 1.54) is 31.0 Å². The van der Waals surface area contributed by atoms with E-state index in [-0.39, 0.29) is 17.3 Å². The predicted molar refractivity (Wildman–Crippen MR) is 118 cm³/mol. The SMILES string of the molecule is CCOc1cc([C@H](C[N+](=O)[O-])Sc2nnc(C)n2-c2ccc(F)cc2)c(Br)cc1OC. The topological polar surface area (TPSA) is 92.3 Å². The zero-order valence-electron chi connectivity index (χ0n) is 17.0. The number of thioether (sulfide) groups is 1. The van der Waals surface area contributed by atoms with Crippen molar-refractivity contribution in [2.75, 3.05) is 20.3 Å². The van der Waals surface area contributed by atoms with Gasteiger partial charge in [-0.2, -0.15) is 0 Å². The Hall–Kier alpha value is -2.66. The molecule has 0 radical (unpaired) electrons. The largest absolute Gasteiger partial charge is 0.493 e. The summed E-state index contributed by atoms with van der Waals surface area (Å²) in [4.78, 5) is 11.1. The van der Waals surface area contributed by atoms with E-state index in [0.717, 1.165) is 0 Å². The first kappa shape index (κ1) is 23.0. The molecule has 164 valence electrons. The molecule has 0 aliphatic heterocycles. The van der Waals surface area contributed by atoms with Gasteiger partial charge < -0.3 is 9.47 Å². The highest BCUT2D eigenvalue weighted by Gasteiger charge is 2.27. The molecular formula is C20H20BrFN4O4S. The van der Waals surface area contributed by atoms with Crippen molar-refractivity contribution in [1.29, 1.82) is 0 Å². The molecule has 0 bridgehead atoms. The molecule has 1 heterocycles. The van der Waals surface area contributed by atoms with Crippen LogP contribution in [0, 0.1) is 22.9 Å². The summed E-state index contributed by atoms with van der Waals surface area (Å²) in [7, 11) is 1.53. The average molecular weight is 511 g/mol. The van der Waals surface area contributed by atoms with Gasteiger partial charge in [0, 0.05) is 15.1 Å². The van der Waals surface area contributed by atoms with E-state index in [9.17, 15) is 14.5 Å². The Kier molecular flexibility index (Phi) is 7.50. The summed E-state index contributed by atoms with van der Waals surface area (Å²) in [5.41, 5.74) is 1.33. The molecule has 0 fully saturated rings. The molecule has 0 amide bonds. The minimum Gasteiger partial charge on any atom is -0.493 e. The summed E-state index contributed by atoms with van der Waals surface area (Å²) in [6, 6.07) is 9.35. The van der Waals surface area contributed by atoms with E-state index < -0.39 is 5.25 Å². The first-order valence-electron chi connectivity index (χ1n) is 9.30. The van der Waals surface area contributed by atoms with Crippen molar-refractivity contribution in [2.24, 2.45) is 0 Å². The van der Waals surface area contributed by atoms with Crippen LogP contribution in [0.25, 0.3) is 5.69 Å². The molecule has 8 nitrogen and oxygen atoms in total. The third-order valence-corrected chi connectivity index (χ3v) is 6.22. The molecule has 0 unspecified atom stereocenters. The zero-order chi connectivity index (χ0) is 22.5. The van der Waals surface area contributed by atoms with Crippen molar-refractivity contribution in [3.05, 3.63) is 68.2 Å². The molecule has 0 aliphatic carbocycles. The quantitative estimate of drug-likeness (QED) is 0.227. The number of rotatable bonds is 9. The van der Waals surface area contributed by atoms with Crippen molar-refractivity contribution in [3.63, 3.8) is 0 Å². The maximum atomic E-state index is 13.4. The number of hydrogen-bond acceptors (Lipinski definition) is 7. The van der Waals surface area contributed by atoms with Crippen LogP contribution in [0.2, 0.25) is 0 Å². The molecule has 1 atom stereocenters. The molecular weight excluding hydrogens is 491 g/mol. The number of benzene rings is 2. The Morgan fingerprint density at radius 2 is 1.97 bits per heavy atom. The van der Waals surface area contributed by atoms with Crippen molar-refractivity contribution >= 4 is 27.7 Å². The van der Waals surface area contributed by atoms with Crippen LogP contribution in [0.5, 0.6) is 11.5 Å². The predicted octanol–water partition coefficient (Wildman–Crippen LogP) is 4.99. The maximum absolute atomic E-state index is 13.4. The van der Waals surface area contributed by atoms with Crippen LogP contribution in [0.4, 0.5) is 4.39 Å². The lowest BCUT2D eigenvalue weighted by Gasteiger charge is -2.18. The summed E-state index contributed by atoms with van der Waals surface area (Å²) >= 11 is 4.70. The summed E-state index contributed by atoms with van der Waals surface area (Å²) < 4.78 is 26.7. The van der Waals surface area contributed by atoms with Crippen LogP contribution in [0.15, 0.2) is 46.0 Å². The second kappa shape index (κ2) is 10.1. The highest BCUT2D eigenvalue weighted by molar-refractivity contribution is 9.10. The number of nitrogens with zero attached hydrogens (tertiary/aromatic N) is 4. The lowest BCUT2D eigenvalue weighted by atomic mass is 10.1. The van der Waals surface area contributed by atoms with Crippen LogP contribution in [0.3, 0.4) is 0 Å². The highest BCUT2D eigenvalue weighted by Crippen LogP contribution is 2.43. The molecule has 0 N–H and O–H groups in total. The van der Waals surface area contributed by atoms with Gasteiger partial charge in [0.15, 0.2) is 16.7 Å². The average Bonchev–Trinajstić information content (AvgIpc) is 3.09. The highest BCUT2D eigenvalue weighted by atomic mass is 79.9. The fraction of sp³-hybridized carbons (Fsp3) is 0.300.